The van der Waals surface area contributed by atoms with Gasteiger partial charge in [0.15, 0.2) is 5.71 Å². The first-order valence-corrected chi connectivity index (χ1v) is 26.9. The van der Waals surface area contributed by atoms with E-state index in [1.54, 1.807) is 13.0 Å². The summed E-state index contributed by atoms with van der Waals surface area (Å²) in [5.74, 6) is 0.517. The number of nitrogens with zero attached hydrogens (tertiary/aromatic N) is 2. The number of hydrogen-bond acceptors (Lipinski definition) is 15. The van der Waals surface area contributed by atoms with Gasteiger partial charge < -0.3 is 28.1 Å². The van der Waals surface area contributed by atoms with E-state index in [1.807, 2.05) is 56.4 Å². The predicted octanol–water partition coefficient (Wildman–Crippen LogP) is -2.16. The molecule has 2 heterocycles. The molecule has 3 aromatic rings. The summed E-state index contributed by atoms with van der Waals surface area (Å²) in [5, 5.41) is 0. The molecule has 0 bridgehead atoms. The molecule has 0 amide bonds. The molecule has 23 heteroatoms. The van der Waals surface area contributed by atoms with Crippen molar-refractivity contribution in [3.63, 3.8) is 0 Å². The molecule has 0 atom stereocenters. The minimum atomic E-state index is -4.73. The molecule has 0 saturated carbocycles. The van der Waals surface area contributed by atoms with Gasteiger partial charge in [0.25, 0.3) is 0 Å². The predicted molar refractivity (Wildman–Crippen MR) is 247 cm³/mol. The number of unbranched alkanes of at least 4 members (excludes halogenated alkanes) is 3. The molecule has 0 fully saturated rings. The number of fused-ring (bicyclic) bond motifs is 2. The average Bonchev–Trinajstić information content (AvgIpc) is 3.57. The summed E-state index contributed by atoms with van der Waals surface area (Å²) in [4.78, 5) is 13.0. The largest absolute Gasteiger partial charge is 1.00 e. The number of allylic oxidation sites excluding steroid dienone is 7. The van der Waals surface area contributed by atoms with Gasteiger partial charge in [0.1, 0.15) is 49.8 Å². The third-order valence-corrected chi connectivity index (χ3v) is 14.5. The van der Waals surface area contributed by atoms with Crippen molar-refractivity contribution in [2.24, 2.45) is 0 Å². The fourth-order valence-corrected chi connectivity index (χ4v) is 10.2. The first-order chi connectivity index (χ1) is 31.2. The van der Waals surface area contributed by atoms with E-state index in [0.29, 0.717) is 55.8 Å². The van der Waals surface area contributed by atoms with Crippen LogP contribution in [0.3, 0.4) is 0 Å². The molecule has 362 valence electrons. The van der Waals surface area contributed by atoms with Crippen LogP contribution in [-0.4, -0.2) is 86.5 Å². The summed E-state index contributed by atoms with van der Waals surface area (Å²) < 4.78 is 140. The summed E-state index contributed by atoms with van der Waals surface area (Å²) in [6.07, 6.45) is 13.4. The average molecular weight is 1070 g/mol. The number of rotatable bonds is 18. The van der Waals surface area contributed by atoms with Crippen LogP contribution in [0.2, 0.25) is 0 Å². The van der Waals surface area contributed by atoms with Gasteiger partial charge >= 0.3 is 99.3 Å². The summed E-state index contributed by atoms with van der Waals surface area (Å²) >= 11 is 0. The van der Waals surface area contributed by atoms with Gasteiger partial charge in [-0.05, 0) is 117 Å². The molecular formula is C47H53N2Na3O14S4. The van der Waals surface area contributed by atoms with E-state index in [-0.39, 0.29) is 106 Å². The Kier molecular flexibility index (Phi) is 24.6. The first kappa shape index (κ1) is 64.0. The molecule has 0 spiro atoms. The maximum atomic E-state index is 12.1. The van der Waals surface area contributed by atoms with E-state index in [1.165, 1.54) is 36.4 Å². The Morgan fingerprint density at radius 2 is 1.41 bits per heavy atom. The van der Waals surface area contributed by atoms with E-state index in [4.69, 9.17) is 17.4 Å². The topological polar surface area (TPSA) is 255 Å². The maximum absolute atomic E-state index is 12.1. The van der Waals surface area contributed by atoms with Crippen molar-refractivity contribution in [3.8, 4) is 5.75 Å². The van der Waals surface area contributed by atoms with Crippen LogP contribution in [0.15, 0.2) is 117 Å². The van der Waals surface area contributed by atoms with Crippen LogP contribution in [0.4, 0.5) is 11.4 Å². The second-order valence-corrected chi connectivity index (χ2v) is 22.2. The number of hydrogen-bond donors (Lipinski definition) is 0. The molecule has 0 unspecified atom stereocenters. The molecule has 70 heavy (non-hydrogen) atoms. The van der Waals surface area contributed by atoms with Crippen molar-refractivity contribution in [1.29, 1.82) is 0 Å². The number of Topliss-reactive ketones (excluding diaryl/α,β-unsaturated/α-hetero) is 1. The van der Waals surface area contributed by atoms with E-state index < -0.39 is 62.4 Å². The van der Waals surface area contributed by atoms with Gasteiger partial charge in [-0.3, -0.25) is 0 Å². The van der Waals surface area contributed by atoms with Gasteiger partial charge in [0, 0.05) is 53.4 Å². The monoisotopic (exact) mass is 1070 g/mol. The third-order valence-electron chi connectivity index (χ3n) is 12.0. The second-order valence-electron chi connectivity index (χ2n) is 17.5. The quantitative estimate of drug-likeness (QED) is 0.0432. The van der Waals surface area contributed by atoms with Crippen LogP contribution >= 0.6 is 0 Å². The fourth-order valence-electron chi connectivity index (χ4n) is 8.73. The van der Waals surface area contributed by atoms with E-state index in [9.17, 15) is 43.7 Å². The Morgan fingerprint density at radius 1 is 0.786 bits per heavy atom. The fraction of sp³-hybridized carbons (Fsp3) is 0.404. The van der Waals surface area contributed by atoms with Gasteiger partial charge in [-0.1, -0.05) is 45.8 Å². The number of ether oxygens (including phenoxy) is 1. The van der Waals surface area contributed by atoms with Crippen molar-refractivity contribution in [2.45, 2.75) is 113 Å². The van der Waals surface area contributed by atoms with Gasteiger partial charge in [0.2, 0.25) is 0 Å². The van der Waals surface area contributed by atoms with Crippen LogP contribution in [-0.2, 0) is 56.6 Å². The van der Waals surface area contributed by atoms with Crippen molar-refractivity contribution in [3.05, 3.63) is 125 Å². The van der Waals surface area contributed by atoms with Gasteiger partial charge in [0.05, 0.1) is 19.9 Å². The van der Waals surface area contributed by atoms with E-state index >= 15 is 0 Å². The smallest absolute Gasteiger partial charge is 0.748 e. The molecule has 0 saturated heterocycles. The molecule has 2 aliphatic heterocycles. The zero-order chi connectivity index (χ0) is 49.5. The number of carbonyl (C=O) groups is 1. The van der Waals surface area contributed by atoms with Crippen molar-refractivity contribution in [2.75, 3.05) is 23.7 Å². The van der Waals surface area contributed by atoms with Crippen molar-refractivity contribution in [1.82, 2.24) is 0 Å². The maximum Gasteiger partial charge on any atom is 1.00 e. The summed E-state index contributed by atoms with van der Waals surface area (Å²) in [6, 6.07) is 18.6. The Labute approximate surface area is 480 Å². The normalized spacial score (nSPS) is 17.2. The molecule has 1 aliphatic carbocycles. The third kappa shape index (κ3) is 17.0. The van der Waals surface area contributed by atoms with Crippen LogP contribution < -0.4 is 98.3 Å². The van der Waals surface area contributed by atoms with E-state index in [0.717, 1.165) is 65.2 Å². The molecule has 6 rings (SSSR count). The summed E-state index contributed by atoms with van der Waals surface area (Å²) in [7, 11) is -16.9. The summed E-state index contributed by atoms with van der Waals surface area (Å²) in [5.41, 5.74) is 5.75. The first-order valence-electron chi connectivity index (χ1n) is 21.5. The number of benzene rings is 3. The van der Waals surface area contributed by atoms with Crippen LogP contribution in [0, 0.1) is 6.07 Å². The minimum Gasteiger partial charge on any atom is -0.748 e. The number of anilines is 1. The molecule has 0 radical (unpaired) electrons. The Bertz CT molecular complexity index is 3020. The molecule has 3 aliphatic rings. The number of ketones is 1. The van der Waals surface area contributed by atoms with Crippen molar-refractivity contribution < 1.29 is 154 Å². The second kappa shape index (κ2) is 26.9. The van der Waals surface area contributed by atoms with Crippen LogP contribution in [0.5, 0.6) is 5.75 Å². The minimum absolute atomic E-state index is 0. The SMILES string of the molecule is CC(=O)CCCCCN1C(=CC=C2CCCC(C=CC3=[N+](CCCCS(=O)(=O)[O-])c4cc[c-]cc4C3(C)C)=C2Oc2ccc(S(=O)(=O)[O-])cc2)C(C)(C)c2cc(S(=O)(=O)[O-])ccc21.O=S(=O)=O.[Na+].[Na+].[Na+]. The molecule has 0 N–H and O–H groups in total. The molecular weight excluding hydrogens is 1010 g/mol. The van der Waals surface area contributed by atoms with Gasteiger partial charge in [-0.2, -0.15) is 18.2 Å². The Hall–Kier alpha value is -2.09. The van der Waals surface area contributed by atoms with E-state index in [2.05, 4.69) is 29.4 Å². The standard InChI is InChI=1S/C47H56N2O11S3.3Na.O3S/c1-33(50)14-7-6-10-29-49-42-26-25-38(63(57,58)59)32-40(42)47(4,5)44(49)28-20-35-16-13-15-34(45(35)60-36-21-23-37(24-22-36)62(54,55)56)19-27-43-46(2,3)39-17-8-9-18-41(39)48(43)30-11-12-31-61(51,52)53;;;;1-4(2)3/h9,17-28,32H,6-7,10-16,29-31H2,1-5H3,(H,51,52,53)(H,54,55,56)(H,57,58,59);;;;/q;3*+1;/p-3. The van der Waals surface area contributed by atoms with Gasteiger partial charge in [-0.15, -0.1) is 18.7 Å². The molecule has 16 nitrogen and oxygen atoms in total. The van der Waals surface area contributed by atoms with Crippen LogP contribution in [0.25, 0.3) is 0 Å². The van der Waals surface area contributed by atoms with Crippen molar-refractivity contribution >= 4 is 63.8 Å². The summed E-state index contributed by atoms with van der Waals surface area (Å²) in [6.45, 7) is 10.8. The van der Waals surface area contributed by atoms with Gasteiger partial charge in [-0.25, -0.2) is 29.8 Å². The molecule has 3 aromatic carbocycles. The molecule has 0 aromatic heterocycles. The zero-order valence-corrected chi connectivity index (χ0v) is 50.1. The number of carbonyl (C=O) groups excluding carboxylic acids is 1. The van der Waals surface area contributed by atoms with Crippen LogP contribution in [0.1, 0.15) is 104 Å². The Balaban J connectivity index is 0.00000231. The Morgan fingerprint density at radius 3 is 2.01 bits per heavy atom. The zero-order valence-electron chi connectivity index (χ0n) is 40.8.